The van der Waals surface area contributed by atoms with E-state index in [4.69, 9.17) is 19.6 Å². The van der Waals surface area contributed by atoms with Crippen molar-refractivity contribution < 1.29 is 14.3 Å². The summed E-state index contributed by atoms with van der Waals surface area (Å²) in [5.41, 5.74) is 3.91. The number of unbranched alkanes of at least 4 members (excludes halogenated alkanes) is 4. The van der Waals surface area contributed by atoms with Gasteiger partial charge in [-0.3, -0.25) is 4.79 Å². The first-order valence-electron chi connectivity index (χ1n) is 14.3. The number of nitrogens with zero attached hydrogens (tertiary/aromatic N) is 3. The van der Waals surface area contributed by atoms with Crippen molar-refractivity contribution in [2.24, 2.45) is 0 Å². The van der Waals surface area contributed by atoms with Crippen LogP contribution in [0, 0.1) is 6.92 Å². The van der Waals surface area contributed by atoms with E-state index in [1.165, 1.54) is 12.8 Å². The quantitative estimate of drug-likeness (QED) is 0.136. The first-order chi connectivity index (χ1) is 19.9. The summed E-state index contributed by atoms with van der Waals surface area (Å²) < 4.78 is 14.5. The summed E-state index contributed by atoms with van der Waals surface area (Å²) in [4.78, 5) is 18.6. The van der Waals surface area contributed by atoms with E-state index in [0.717, 1.165) is 58.4 Å². The summed E-state index contributed by atoms with van der Waals surface area (Å²) in [7, 11) is 1.63. The lowest BCUT2D eigenvalue weighted by Crippen LogP contribution is -2.31. The van der Waals surface area contributed by atoms with Crippen LogP contribution in [0.5, 0.6) is 11.5 Å². The largest absolute Gasteiger partial charge is 0.493 e. The van der Waals surface area contributed by atoms with Gasteiger partial charge < -0.3 is 20.1 Å². The van der Waals surface area contributed by atoms with Gasteiger partial charge in [0.25, 0.3) is 5.91 Å². The fraction of sp³-hybridized carbons (Fsp3) is 0.452. The minimum atomic E-state index is -0.534. The number of fused-ring (bicyclic) bond motifs is 1. The van der Waals surface area contributed by atoms with Gasteiger partial charge in [0.2, 0.25) is 11.1 Å². The number of benzene rings is 2. The normalized spacial score (nSPS) is 14.4. The van der Waals surface area contributed by atoms with E-state index in [9.17, 15) is 4.79 Å². The van der Waals surface area contributed by atoms with Gasteiger partial charge in [-0.15, -0.1) is 5.10 Å². The maximum Gasteiger partial charge on any atom is 0.255 e. The molecule has 2 N–H and O–H groups in total. The molecule has 1 aromatic heterocycles. The van der Waals surface area contributed by atoms with E-state index >= 15 is 0 Å². The number of hydrogen-bond acceptors (Lipinski definition) is 7. The van der Waals surface area contributed by atoms with Crippen LogP contribution in [0.4, 0.5) is 11.6 Å². The molecular formula is C31H40BrN5O3S. The molecule has 4 rings (SSSR count). The van der Waals surface area contributed by atoms with E-state index in [1.54, 1.807) is 23.6 Å². The molecular weight excluding hydrogens is 602 g/mol. The third kappa shape index (κ3) is 7.65. The summed E-state index contributed by atoms with van der Waals surface area (Å²) in [6, 6.07) is 11.2. The van der Waals surface area contributed by atoms with Gasteiger partial charge in [0.05, 0.1) is 23.8 Å². The molecule has 0 bridgehead atoms. The lowest BCUT2D eigenvalue weighted by atomic mass is 9.94. The van der Waals surface area contributed by atoms with Crippen molar-refractivity contribution in [1.29, 1.82) is 0 Å². The number of carbonyl (C=O) groups excluding carboxylic acids is 1. The average molecular weight is 643 g/mol. The monoisotopic (exact) mass is 641 g/mol. The zero-order valence-electron chi connectivity index (χ0n) is 24.6. The van der Waals surface area contributed by atoms with Gasteiger partial charge in [-0.1, -0.05) is 63.4 Å². The van der Waals surface area contributed by atoms with E-state index in [2.05, 4.69) is 40.4 Å². The van der Waals surface area contributed by atoms with Gasteiger partial charge >= 0.3 is 0 Å². The minimum absolute atomic E-state index is 0.210. The molecule has 8 nitrogen and oxygen atoms in total. The first-order valence-corrected chi connectivity index (χ1v) is 16.1. The van der Waals surface area contributed by atoms with Gasteiger partial charge in [-0.25, -0.2) is 4.68 Å². The number of anilines is 2. The van der Waals surface area contributed by atoms with E-state index in [1.807, 2.05) is 50.2 Å². The maximum absolute atomic E-state index is 13.9. The molecule has 1 aliphatic rings. The number of carbonyl (C=O) groups is 1. The third-order valence-corrected chi connectivity index (χ3v) is 8.41. The Labute approximate surface area is 255 Å². The van der Waals surface area contributed by atoms with Crippen LogP contribution in [0.15, 0.2) is 57.3 Å². The lowest BCUT2D eigenvalue weighted by Gasteiger charge is -2.29. The Hall–Kier alpha value is -2.98. The molecule has 1 aliphatic heterocycles. The summed E-state index contributed by atoms with van der Waals surface area (Å²) in [6.07, 6.45) is 6.65. The molecule has 0 radical (unpaired) electrons. The molecule has 0 aliphatic carbocycles. The molecule has 10 heteroatoms. The Morgan fingerprint density at radius 3 is 2.66 bits per heavy atom. The Bertz CT molecular complexity index is 1390. The standard InChI is InChI=1S/C31H40BrN5O3S/c1-6-8-10-11-15-40-28-24(32)18-22(19-25(28)39-5)27-26(29(38)34-23-14-12-13-20(3)17-23)21(4)33-30-35-31(36-37(27)30)41-16-9-7-2/h12-14,17-19,27H,6-11,15-16H2,1-5H3,(H,34,38)(H,33,35,36). The zero-order chi connectivity index (χ0) is 29.4. The van der Waals surface area contributed by atoms with Crippen molar-refractivity contribution in [3.05, 3.63) is 63.3 Å². The number of amides is 1. The molecule has 1 atom stereocenters. The topological polar surface area (TPSA) is 90.3 Å². The van der Waals surface area contributed by atoms with E-state index in [0.29, 0.717) is 34.8 Å². The van der Waals surface area contributed by atoms with Gasteiger partial charge in [0.1, 0.15) is 6.04 Å². The third-order valence-electron chi connectivity index (χ3n) is 6.89. The number of halogens is 1. The molecule has 41 heavy (non-hydrogen) atoms. The molecule has 220 valence electrons. The van der Waals surface area contributed by atoms with Crippen LogP contribution < -0.4 is 20.1 Å². The second kappa shape index (κ2) is 14.8. The summed E-state index contributed by atoms with van der Waals surface area (Å²) in [5.74, 6) is 2.58. The highest BCUT2D eigenvalue weighted by Gasteiger charge is 2.35. The number of thioether (sulfide) groups is 1. The van der Waals surface area contributed by atoms with Crippen LogP contribution >= 0.6 is 27.7 Å². The van der Waals surface area contributed by atoms with Crippen LogP contribution in [0.25, 0.3) is 0 Å². The summed E-state index contributed by atoms with van der Waals surface area (Å²) in [5, 5.41) is 12.0. The minimum Gasteiger partial charge on any atom is -0.493 e. The second-order valence-electron chi connectivity index (χ2n) is 10.2. The number of rotatable bonds is 14. The predicted molar refractivity (Wildman–Crippen MR) is 170 cm³/mol. The van der Waals surface area contributed by atoms with E-state index in [-0.39, 0.29) is 5.91 Å². The number of ether oxygens (including phenoxy) is 2. The van der Waals surface area contributed by atoms with Gasteiger partial charge in [-0.2, -0.15) is 4.98 Å². The molecule has 1 amide bonds. The maximum atomic E-state index is 13.9. The fourth-order valence-corrected chi connectivity index (χ4v) is 6.25. The summed E-state index contributed by atoms with van der Waals surface area (Å²) >= 11 is 5.35. The van der Waals surface area contributed by atoms with Crippen molar-refractivity contribution in [3.63, 3.8) is 0 Å². The van der Waals surface area contributed by atoms with E-state index < -0.39 is 6.04 Å². The lowest BCUT2D eigenvalue weighted by molar-refractivity contribution is -0.113. The number of hydrogen-bond donors (Lipinski definition) is 2. The molecule has 0 spiro atoms. The molecule has 0 saturated heterocycles. The Morgan fingerprint density at radius 2 is 1.93 bits per heavy atom. The first kappa shape index (κ1) is 31.0. The molecule has 3 aromatic rings. The highest BCUT2D eigenvalue weighted by atomic mass is 79.9. The van der Waals surface area contributed by atoms with Crippen LogP contribution in [0.3, 0.4) is 0 Å². The van der Waals surface area contributed by atoms with Crippen molar-refractivity contribution in [1.82, 2.24) is 14.8 Å². The molecule has 0 fully saturated rings. The molecule has 1 unspecified atom stereocenters. The Kier molecular flexibility index (Phi) is 11.2. The van der Waals surface area contributed by atoms with Crippen molar-refractivity contribution in [2.45, 2.75) is 77.4 Å². The number of allylic oxidation sites excluding steroid dienone is 1. The van der Waals surface area contributed by atoms with Gasteiger partial charge in [-0.05, 0) is 78.0 Å². The number of aromatic nitrogens is 3. The highest BCUT2D eigenvalue weighted by molar-refractivity contribution is 9.10. The predicted octanol–water partition coefficient (Wildman–Crippen LogP) is 8.14. The molecule has 0 saturated carbocycles. The summed E-state index contributed by atoms with van der Waals surface area (Å²) in [6.45, 7) is 8.87. The molecule has 2 aromatic carbocycles. The van der Waals surface area contributed by atoms with Crippen LogP contribution in [0.1, 0.15) is 76.5 Å². The van der Waals surface area contributed by atoms with Crippen LogP contribution in [-0.4, -0.2) is 40.1 Å². The Balaban J connectivity index is 1.73. The smallest absolute Gasteiger partial charge is 0.255 e. The van der Waals surface area contributed by atoms with Gasteiger partial charge in [0.15, 0.2) is 11.5 Å². The SMILES string of the molecule is CCCCCCOc1c(Br)cc(C2C(C(=O)Nc3cccc(C)c3)=C(C)Nc3nc(SCCCC)nn32)cc1OC. The van der Waals surface area contributed by atoms with Crippen LogP contribution in [0.2, 0.25) is 0 Å². The zero-order valence-corrected chi connectivity index (χ0v) is 27.0. The average Bonchev–Trinajstić information content (AvgIpc) is 3.34. The van der Waals surface area contributed by atoms with Crippen molar-refractivity contribution in [3.8, 4) is 11.5 Å². The number of methoxy groups -OCH3 is 1. The second-order valence-corrected chi connectivity index (χ2v) is 12.1. The van der Waals surface area contributed by atoms with Crippen LogP contribution in [-0.2, 0) is 4.79 Å². The Morgan fingerprint density at radius 1 is 1.12 bits per heavy atom. The fourth-order valence-electron chi connectivity index (χ4n) is 4.76. The van der Waals surface area contributed by atoms with Crippen molar-refractivity contribution in [2.75, 3.05) is 30.1 Å². The van der Waals surface area contributed by atoms with Gasteiger partial charge in [0, 0.05) is 17.1 Å². The molecule has 2 heterocycles. The highest BCUT2D eigenvalue weighted by Crippen LogP contribution is 2.43. The number of aryl methyl sites for hydroxylation is 1. The van der Waals surface area contributed by atoms with Crippen molar-refractivity contribution >= 4 is 45.2 Å². The number of nitrogens with one attached hydrogen (secondary N) is 2.